The van der Waals surface area contributed by atoms with Crippen LogP contribution in [0.5, 0.6) is 5.75 Å². The number of hydrogen-bond acceptors (Lipinski definition) is 5. The molecule has 0 radical (unpaired) electrons. The molecule has 3 aromatic rings. The Balaban J connectivity index is 1.47. The average Bonchev–Trinajstić information content (AvgIpc) is 3.15. The molecule has 1 aromatic heterocycles. The van der Waals surface area contributed by atoms with E-state index in [1.807, 2.05) is 18.4 Å². The highest BCUT2D eigenvalue weighted by atomic mass is 35.5. The summed E-state index contributed by atoms with van der Waals surface area (Å²) in [5.74, 6) is 0.889. The molecule has 0 aliphatic heterocycles. The number of aryl methyl sites for hydroxylation is 2. The van der Waals surface area contributed by atoms with Crippen LogP contribution >= 0.6 is 23.4 Å². The molecule has 2 aromatic carbocycles. The Bertz CT molecular complexity index is 944. The van der Waals surface area contributed by atoms with E-state index in [1.54, 1.807) is 30.6 Å². The van der Waals surface area contributed by atoms with E-state index in [2.05, 4.69) is 33.7 Å². The molecule has 146 valence electrons. The minimum Gasteiger partial charge on any atom is -0.492 e. The van der Waals surface area contributed by atoms with Gasteiger partial charge < -0.3 is 10.1 Å². The predicted octanol–water partition coefficient (Wildman–Crippen LogP) is 3.82. The minimum atomic E-state index is -0.0831. The van der Waals surface area contributed by atoms with Gasteiger partial charge in [0.25, 0.3) is 0 Å². The summed E-state index contributed by atoms with van der Waals surface area (Å²) in [5.41, 5.74) is 3.30. The number of nitrogens with one attached hydrogen (secondary N) is 1. The zero-order valence-electron chi connectivity index (χ0n) is 15.7. The Morgan fingerprint density at radius 3 is 2.79 bits per heavy atom. The summed E-state index contributed by atoms with van der Waals surface area (Å²) in [4.78, 5) is 12.1. The van der Waals surface area contributed by atoms with E-state index >= 15 is 0 Å². The summed E-state index contributed by atoms with van der Waals surface area (Å²) in [6, 6.07) is 13.3. The number of carbonyl (C=O) groups excluding carboxylic acids is 1. The molecule has 0 aliphatic carbocycles. The summed E-state index contributed by atoms with van der Waals surface area (Å²) >= 11 is 7.18. The average molecular weight is 417 g/mol. The third kappa shape index (κ3) is 5.50. The smallest absolute Gasteiger partial charge is 0.230 e. The second-order valence-electron chi connectivity index (χ2n) is 6.21. The lowest BCUT2D eigenvalue weighted by atomic mass is 10.1. The standard InChI is InChI=1S/C20H21ClN4O2S/c1-14-3-4-15(2)18(11-14)25-13-23-24-20(25)28-12-19(26)22-9-10-27-17-7-5-16(21)6-8-17/h3-8,11,13H,9-10,12H2,1-2H3,(H,22,26). The number of rotatable bonds is 8. The minimum absolute atomic E-state index is 0.0831. The van der Waals surface area contributed by atoms with Gasteiger partial charge in [0.2, 0.25) is 5.91 Å². The Hall–Kier alpha value is -2.51. The highest BCUT2D eigenvalue weighted by molar-refractivity contribution is 7.99. The largest absolute Gasteiger partial charge is 0.492 e. The van der Waals surface area contributed by atoms with Gasteiger partial charge in [-0.3, -0.25) is 9.36 Å². The molecule has 0 bridgehead atoms. The quantitative estimate of drug-likeness (QED) is 0.446. The molecule has 0 spiro atoms. The molecule has 0 unspecified atom stereocenters. The van der Waals surface area contributed by atoms with Crippen molar-refractivity contribution in [2.24, 2.45) is 0 Å². The number of benzene rings is 2. The van der Waals surface area contributed by atoms with Crippen molar-refractivity contribution in [1.29, 1.82) is 0 Å². The van der Waals surface area contributed by atoms with E-state index in [9.17, 15) is 4.79 Å². The zero-order chi connectivity index (χ0) is 19.9. The fraction of sp³-hybridized carbons (Fsp3) is 0.250. The fourth-order valence-corrected chi connectivity index (χ4v) is 3.42. The summed E-state index contributed by atoms with van der Waals surface area (Å²) in [6.07, 6.45) is 1.67. The molecule has 0 fully saturated rings. The fourth-order valence-electron chi connectivity index (χ4n) is 2.54. The first-order valence-electron chi connectivity index (χ1n) is 8.78. The maximum atomic E-state index is 12.1. The van der Waals surface area contributed by atoms with Gasteiger partial charge in [0.1, 0.15) is 18.7 Å². The summed E-state index contributed by atoms with van der Waals surface area (Å²) in [7, 11) is 0. The first-order chi connectivity index (χ1) is 13.5. The molecule has 1 amide bonds. The topological polar surface area (TPSA) is 69.0 Å². The van der Waals surface area contributed by atoms with E-state index < -0.39 is 0 Å². The number of nitrogens with zero attached hydrogens (tertiary/aromatic N) is 3. The number of halogens is 1. The number of amides is 1. The van der Waals surface area contributed by atoms with Gasteiger partial charge >= 0.3 is 0 Å². The van der Waals surface area contributed by atoms with Gasteiger partial charge in [0.15, 0.2) is 5.16 Å². The van der Waals surface area contributed by atoms with Crippen molar-refractivity contribution in [3.05, 3.63) is 64.9 Å². The normalized spacial score (nSPS) is 10.7. The van der Waals surface area contributed by atoms with Crippen LogP contribution in [0.4, 0.5) is 0 Å². The number of ether oxygens (including phenoxy) is 1. The molecule has 1 heterocycles. The van der Waals surface area contributed by atoms with Crippen molar-refractivity contribution in [3.8, 4) is 11.4 Å². The van der Waals surface area contributed by atoms with Gasteiger partial charge in [-0.1, -0.05) is 35.5 Å². The van der Waals surface area contributed by atoms with Crippen LogP contribution < -0.4 is 10.1 Å². The summed E-state index contributed by atoms with van der Waals surface area (Å²) in [6.45, 7) is 4.89. The van der Waals surface area contributed by atoms with Crippen molar-refractivity contribution in [3.63, 3.8) is 0 Å². The Morgan fingerprint density at radius 2 is 2.00 bits per heavy atom. The van der Waals surface area contributed by atoms with Crippen LogP contribution in [0.1, 0.15) is 11.1 Å². The highest BCUT2D eigenvalue weighted by Crippen LogP contribution is 2.22. The Kier molecular flexibility index (Phi) is 6.95. The lowest BCUT2D eigenvalue weighted by Gasteiger charge is -2.10. The van der Waals surface area contributed by atoms with E-state index in [4.69, 9.17) is 16.3 Å². The number of carbonyl (C=O) groups is 1. The van der Waals surface area contributed by atoms with Gasteiger partial charge in [-0.05, 0) is 55.3 Å². The Morgan fingerprint density at radius 1 is 1.21 bits per heavy atom. The first kappa shape index (κ1) is 20.2. The summed E-state index contributed by atoms with van der Waals surface area (Å²) < 4.78 is 7.46. The van der Waals surface area contributed by atoms with Crippen LogP contribution in [0.3, 0.4) is 0 Å². The maximum Gasteiger partial charge on any atom is 0.230 e. The molecule has 0 saturated heterocycles. The third-order valence-corrected chi connectivity index (χ3v) is 5.17. The zero-order valence-corrected chi connectivity index (χ0v) is 17.3. The molecule has 3 rings (SSSR count). The van der Waals surface area contributed by atoms with Crippen molar-refractivity contribution in [2.45, 2.75) is 19.0 Å². The van der Waals surface area contributed by atoms with Gasteiger partial charge in [-0.2, -0.15) is 0 Å². The summed E-state index contributed by atoms with van der Waals surface area (Å²) in [5, 5.41) is 12.3. The lowest BCUT2D eigenvalue weighted by molar-refractivity contribution is -0.118. The van der Waals surface area contributed by atoms with Crippen LogP contribution in [0.25, 0.3) is 5.69 Å². The van der Waals surface area contributed by atoms with Crippen LogP contribution in [-0.2, 0) is 4.79 Å². The molecule has 0 saturated carbocycles. The van der Waals surface area contributed by atoms with Crippen molar-refractivity contribution in [1.82, 2.24) is 20.1 Å². The monoisotopic (exact) mass is 416 g/mol. The predicted molar refractivity (Wildman–Crippen MR) is 112 cm³/mol. The van der Waals surface area contributed by atoms with E-state index in [1.165, 1.54) is 11.8 Å². The van der Waals surface area contributed by atoms with Crippen molar-refractivity contribution >= 4 is 29.3 Å². The number of thioether (sulfide) groups is 1. The highest BCUT2D eigenvalue weighted by Gasteiger charge is 2.11. The number of hydrogen-bond donors (Lipinski definition) is 1. The lowest BCUT2D eigenvalue weighted by Crippen LogP contribution is -2.29. The van der Waals surface area contributed by atoms with Crippen molar-refractivity contribution in [2.75, 3.05) is 18.9 Å². The third-order valence-electron chi connectivity index (χ3n) is 3.98. The molecular formula is C20H21ClN4O2S. The molecular weight excluding hydrogens is 396 g/mol. The van der Waals surface area contributed by atoms with Gasteiger partial charge in [-0.15, -0.1) is 10.2 Å². The molecule has 1 N–H and O–H groups in total. The van der Waals surface area contributed by atoms with E-state index in [0.717, 1.165) is 22.6 Å². The number of aromatic nitrogens is 3. The second kappa shape index (κ2) is 9.61. The molecule has 0 aliphatic rings. The first-order valence-corrected chi connectivity index (χ1v) is 10.1. The Labute approximate surface area is 173 Å². The van der Waals surface area contributed by atoms with Crippen LogP contribution in [-0.4, -0.2) is 39.6 Å². The molecule has 0 atom stereocenters. The molecule has 28 heavy (non-hydrogen) atoms. The van der Waals surface area contributed by atoms with Crippen molar-refractivity contribution < 1.29 is 9.53 Å². The van der Waals surface area contributed by atoms with Crippen LogP contribution in [0, 0.1) is 13.8 Å². The van der Waals surface area contributed by atoms with Gasteiger partial charge in [0.05, 0.1) is 18.0 Å². The SMILES string of the molecule is Cc1ccc(C)c(-n2cnnc2SCC(=O)NCCOc2ccc(Cl)cc2)c1. The molecule has 8 heteroatoms. The maximum absolute atomic E-state index is 12.1. The van der Waals surface area contributed by atoms with Gasteiger partial charge in [0, 0.05) is 5.02 Å². The second-order valence-corrected chi connectivity index (χ2v) is 7.59. The van der Waals surface area contributed by atoms with Crippen LogP contribution in [0.15, 0.2) is 53.9 Å². The van der Waals surface area contributed by atoms with E-state index in [0.29, 0.717) is 23.3 Å². The molecule has 6 nitrogen and oxygen atoms in total. The van der Waals surface area contributed by atoms with E-state index in [-0.39, 0.29) is 11.7 Å². The van der Waals surface area contributed by atoms with Gasteiger partial charge in [-0.25, -0.2) is 0 Å². The van der Waals surface area contributed by atoms with Crippen LogP contribution in [0.2, 0.25) is 5.02 Å².